The molecule has 0 saturated carbocycles. The van der Waals surface area contributed by atoms with Gasteiger partial charge < -0.3 is 15.1 Å². The van der Waals surface area contributed by atoms with Crippen LogP contribution in [0.25, 0.3) is 5.69 Å². The SMILES string of the molecule is O=C(Nc1cccc(CNC(=O)c2cc(Cl)ccc2-n2cnnn2)c1)c1ccco1. The highest BCUT2D eigenvalue weighted by Gasteiger charge is 2.15. The fourth-order valence-electron chi connectivity index (χ4n) is 2.80. The van der Waals surface area contributed by atoms with Gasteiger partial charge in [0, 0.05) is 17.3 Å². The van der Waals surface area contributed by atoms with E-state index in [4.69, 9.17) is 16.0 Å². The van der Waals surface area contributed by atoms with Crippen LogP contribution >= 0.6 is 11.6 Å². The highest BCUT2D eigenvalue weighted by Crippen LogP contribution is 2.19. The second-order valence-corrected chi connectivity index (χ2v) is 6.67. The van der Waals surface area contributed by atoms with E-state index in [1.165, 1.54) is 17.3 Å². The van der Waals surface area contributed by atoms with Crippen molar-refractivity contribution in [1.82, 2.24) is 25.5 Å². The van der Waals surface area contributed by atoms with Crippen molar-refractivity contribution in [2.75, 3.05) is 5.32 Å². The second-order valence-electron chi connectivity index (χ2n) is 6.23. The summed E-state index contributed by atoms with van der Waals surface area (Å²) in [5.41, 5.74) is 2.21. The lowest BCUT2D eigenvalue weighted by Crippen LogP contribution is -2.24. The summed E-state index contributed by atoms with van der Waals surface area (Å²) in [7, 11) is 0. The van der Waals surface area contributed by atoms with Crippen LogP contribution in [0.1, 0.15) is 26.5 Å². The van der Waals surface area contributed by atoms with Crippen molar-refractivity contribution >= 4 is 29.1 Å². The van der Waals surface area contributed by atoms with Gasteiger partial charge in [-0.15, -0.1) is 5.10 Å². The Morgan fingerprint density at radius 2 is 1.97 bits per heavy atom. The first-order valence-corrected chi connectivity index (χ1v) is 9.23. The average molecular weight is 423 g/mol. The number of carbonyl (C=O) groups is 2. The molecule has 9 nitrogen and oxygen atoms in total. The van der Waals surface area contributed by atoms with Crippen molar-refractivity contribution in [3.05, 3.63) is 89.1 Å². The molecule has 0 fully saturated rings. The van der Waals surface area contributed by atoms with Gasteiger partial charge in [0.2, 0.25) is 0 Å². The average Bonchev–Trinajstić information content (AvgIpc) is 3.46. The number of rotatable bonds is 6. The first-order chi connectivity index (χ1) is 14.6. The molecule has 2 aromatic carbocycles. The van der Waals surface area contributed by atoms with Crippen LogP contribution in [0.15, 0.2) is 71.6 Å². The number of nitrogens with zero attached hydrogens (tertiary/aromatic N) is 4. The Morgan fingerprint density at radius 1 is 1.07 bits per heavy atom. The van der Waals surface area contributed by atoms with Crippen molar-refractivity contribution in [3.63, 3.8) is 0 Å². The van der Waals surface area contributed by atoms with Gasteiger partial charge in [0.1, 0.15) is 6.33 Å². The van der Waals surface area contributed by atoms with E-state index in [0.717, 1.165) is 5.56 Å². The largest absolute Gasteiger partial charge is 0.459 e. The van der Waals surface area contributed by atoms with E-state index in [1.54, 1.807) is 48.5 Å². The molecule has 2 amide bonds. The van der Waals surface area contributed by atoms with Crippen LogP contribution in [0.5, 0.6) is 0 Å². The van der Waals surface area contributed by atoms with Crippen LogP contribution in [-0.2, 0) is 6.54 Å². The number of furan rings is 1. The number of hydrogen-bond donors (Lipinski definition) is 2. The predicted molar refractivity (Wildman–Crippen MR) is 108 cm³/mol. The summed E-state index contributed by atoms with van der Waals surface area (Å²) in [5.74, 6) is -0.482. The third-order valence-corrected chi connectivity index (χ3v) is 4.42. The molecule has 4 aromatic rings. The summed E-state index contributed by atoms with van der Waals surface area (Å²) < 4.78 is 6.47. The molecule has 0 radical (unpaired) electrons. The molecule has 2 heterocycles. The normalized spacial score (nSPS) is 10.6. The Kier molecular flexibility index (Phi) is 5.53. The van der Waals surface area contributed by atoms with E-state index in [1.807, 2.05) is 6.07 Å². The van der Waals surface area contributed by atoms with Crippen molar-refractivity contribution in [2.45, 2.75) is 6.54 Å². The van der Waals surface area contributed by atoms with Gasteiger partial charge in [0.05, 0.1) is 17.5 Å². The van der Waals surface area contributed by atoms with E-state index >= 15 is 0 Å². The van der Waals surface area contributed by atoms with Crippen molar-refractivity contribution in [1.29, 1.82) is 0 Å². The maximum Gasteiger partial charge on any atom is 0.291 e. The molecule has 0 aliphatic heterocycles. The number of carbonyl (C=O) groups excluding carboxylic acids is 2. The third-order valence-electron chi connectivity index (χ3n) is 4.18. The van der Waals surface area contributed by atoms with Crippen LogP contribution in [0, 0.1) is 0 Å². The van der Waals surface area contributed by atoms with Gasteiger partial charge in [-0.1, -0.05) is 23.7 Å². The number of nitrogens with one attached hydrogen (secondary N) is 2. The lowest BCUT2D eigenvalue weighted by atomic mass is 10.1. The minimum atomic E-state index is -0.355. The van der Waals surface area contributed by atoms with Gasteiger partial charge in [-0.25, -0.2) is 0 Å². The highest BCUT2D eigenvalue weighted by molar-refractivity contribution is 6.31. The van der Waals surface area contributed by atoms with Crippen LogP contribution in [0.4, 0.5) is 5.69 Å². The molecule has 0 atom stereocenters. The Morgan fingerprint density at radius 3 is 2.73 bits per heavy atom. The molecule has 0 bridgehead atoms. The lowest BCUT2D eigenvalue weighted by molar-refractivity contribution is 0.0949. The molecule has 0 aliphatic carbocycles. The molecular weight excluding hydrogens is 408 g/mol. The summed E-state index contributed by atoms with van der Waals surface area (Å²) in [6.45, 7) is 0.241. The number of hydrogen-bond acceptors (Lipinski definition) is 6. The van der Waals surface area contributed by atoms with Crippen LogP contribution in [0.3, 0.4) is 0 Å². The van der Waals surface area contributed by atoms with Crippen LogP contribution < -0.4 is 10.6 Å². The van der Waals surface area contributed by atoms with Gasteiger partial charge in [0.25, 0.3) is 11.8 Å². The smallest absolute Gasteiger partial charge is 0.291 e. The number of tetrazole rings is 1. The predicted octanol–water partition coefficient (Wildman–Crippen LogP) is 3.09. The first-order valence-electron chi connectivity index (χ1n) is 8.85. The van der Waals surface area contributed by atoms with Crippen LogP contribution in [0.2, 0.25) is 5.02 Å². The zero-order valence-electron chi connectivity index (χ0n) is 15.4. The zero-order valence-corrected chi connectivity index (χ0v) is 16.2. The fraction of sp³-hybridized carbons (Fsp3) is 0.0500. The van der Waals surface area contributed by atoms with E-state index in [-0.39, 0.29) is 24.1 Å². The fourth-order valence-corrected chi connectivity index (χ4v) is 2.97. The minimum absolute atomic E-state index is 0.213. The molecule has 4 rings (SSSR count). The molecule has 2 N–H and O–H groups in total. The topological polar surface area (TPSA) is 115 Å². The monoisotopic (exact) mass is 422 g/mol. The Bertz CT molecular complexity index is 1180. The van der Waals surface area contributed by atoms with Crippen molar-refractivity contribution in [2.24, 2.45) is 0 Å². The van der Waals surface area contributed by atoms with Gasteiger partial charge in [-0.05, 0) is 58.5 Å². The molecule has 0 spiro atoms. The lowest BCUT2D eigenvalue weighted by Gasteiger charge is -2.11. The van der Waals surface area contributed by atoms with Gasteiger partial charge in [0.15, 0.2) is 5.76 Å². The van der Waals surface area contributed by atoms with E-state index in [9.17, 15) is 9.59 Å². The van der Waals surface area contributed by atoms with Gasteiger partial charge in [-0.2, -0.15) is 4.68 Å². The summed E-state index contributed by atoms with van der Waals surface area (Å²) in [5, 5.41) is 17.0. The summed E-state index contributed by atoms with van der Waals surface area (Å²) in [4.78, 5) is 24.9. The summed E-state index contributed by atoms with van der Waals surface area (Å²) in [6.07, 6.45) is 2.82. The van der Waals surface area contributed by atoms with Crippen molar-refractivity contribution in [3.8, 4) is 5.69 Å². The van der Waals surface area contributed by atoms with Gasteiger partial charge in [-0.3, -0.25) is 9.59 Å². The summed E-state index contributed by atoms with van der Waals surface area (Å²) >= 11 is 6.06. The standard InChI is InChI=1S/C20H15ClN6O3/c21-14-6-7-17(27-12-23-25-26-27)16(10-14)19(28)22-11-13-3-1-4-15(9-13)24-20(29)18-5-2-8-30-18/h1-10,12H,11H2,(H,22,28)(H,24,29). The maximum atomic E-state index is 12.8. The quantitative estimate of drug-likeness (QED) is 0.493. The van der Waals surface area contributed by atoms with E-state index in [0.29, 0.717) is 22.0 Å². The maximum absolute atomic E-state index is 12.8. The molecule has 0 saturated heterocycles. The molecule has 2 aromatic heterocycles. The van der Waals surface area contributed by atoms with Crippen LogP contribution in [-0.4, -0.2) is 32.0 Å². The number of anilines is 1. The first kappa shape index (κ1) is 19.3. The summed E-state index contributed by atoms with van der Waals surface area (Å²) in [6, 6.07) is 15.2. The van der Waals surface area contributed by atoms with E-state index in [2.05, 4.69) is 26.2 Å². The number of benzene rings is 2. The molecule has 10 heteroatoms. The van der Waals surface area contributed by atoms with E-state index < -0.39 is 0 Å². The molecule has 150 valence electrons. The Balaban J connectivity index is 1.46. The number of halogens is 1. The Labute approximate surface area is 175 Å². The van der Waals surface area contributed by atoms with Gasteiger partial charge >= 0.3 is 0 Å². The second kappa shape index (κ2) is 8.58. The Hall–Kier alpha value is -3.98. The molecule has 0 unspecified atom stereocenters. The molecule has 30 heavy (non-hydrogen) atoms. The third kappa shape index (κ3) is 4.36. The number of amides is 2. The minimum Gasteiger partial charge on any atom is -0.459 e. The zero-order chi connectivity index (χ0) is 20.9. The number of aromatic nitrogens is 4. The molecular formula is C20H15ClN6O3. The molecule has 0 aliphatic rings. The highest BCUT2D eigenvalue weighted by atomic mass is 35.5. The van der Waals surface area contributed by atoms with Crippen molar-refractivity contribution < 1.29 is 14.0 Å².